The van der Waals surface area contributed by atoms with Gasteiger partial charge in [0, 0.05) is 38.9 Å². The van der Waals surface area contributed by atoms with Crippen molar-refractivity contribution in [2.45, 2.75) is 32.0 Å². The molecule has 21 heavy (non-hydrogen) atoms. The molecule has 1 unspecified atom stereocenters. The highest BCUT2D eigenvalue weighted by molar-refractivity contribution is 5.14. The fraction of sp³-hybridized carbons (Fsp3) is 0.471. The fourth-order valence-electron chi connectivity index (χ4n) is 3.01. The van der Waals surface area contributed by atoms with E-state index in [0.717, 1.165) is 19.6 Å². The number of rotatable bonds is 5. The predicted octanol–water partition coefficient (Wildman–Crippen LogP) is 2.17. The molecule has 0 spiro atoms. The lowest BCUT2D eigenvalue weighted by Crippen LogP contribution is -2.45. The first-order valence-electron chi connectivity index (χ1n) is 7.76. The minimum Gasteiger partial charge on any atom is -0.337 e. The lowest BCUT2D eigenvalue weighted by Gasteiger charge is -2.33. The van der Waals surface area contributed by atoms with E-state index in [1.807, 2.05) is 19.6 Å². The first kappa shape index (κ1) is 14.3. The molecule has 2 aromatic rings. The molecule has 0 radical (unpaired) electrons. The molecule has 2 heterocycles. The largest absolute Gasteiger partial charge is 0.337 e. The fourth-order valence-corrected chi connectivity index (χ4v) is 3.01. The van der Waals surface area contributed by atoms with Gasteiger partial charge in [0.2, 0.25) is 0 Å². The van der Waals surface area contributed by atoms with Gasteiger partial charge in [-0.2, -0.15) is 0 Å². The Bertz CT molecular complexity index is 549. The van der Waals surface area contributed by atoms with Crippen LogP contribution in [-0.4, -0.2) is 33.6 Å². The maximum atomic E-state index is 4.17. The zero-order chi connectivity index (χ0) is 14.5. The summed E-state index contributed by atoms with van der Waals surface area (Å²) in [5.74, 6) is 0. The Balaban J connectivity index is 1.50. The highest BCUT2D eigenvalue weighted by atomic mass is 15.2. The number of hydrogen-bond donors (Lipinski definition) is 1. The van der Waals surface area contributed by atoms with Crippen LogP contribution in [0.1, 0.15) is 24.1 Å². The second kappa shape index (κ2) is 6.87. The van der Waals surface area contributed by atoms with E-state index in [-0.39, 0.29) is 0 Å². The predicted molar refractivity (Wildman–Crippen MR) is 84.8 cm³/mol. The molecule has 1 atom stereocenters. The molecule has 1 aliphatic heterocycles. The Morgan fingerprint density at radius 3 is 2.90 bits per heavy atom. The van der Waals surface area contributed by atoms with E-state index >= 15 is 0 Å². The van der Waals surface area contributed by atoms with Gasteiger partial charge in [-0.3, -0.25) is 4.90 Å². The van der Waals surface area contributed by atoms with Crippen molar-refractivity contribution in [3.8, 4) is 0 Å². The van der Waals surface area contributed by atoms with Crippen LogP contribution in [0.4, 0.5) is 0 Å². The van der Waals surface area contributed by atoms with Gasteiger partial charge in [-0.25, -0.2) is 4.98 Å². The summed E-state index contributed by atoms with van der Waals surface area (Å²) in [5.41, 5.74) is 2.65. The van der Waals surface area contributed by atoms with E-state index < -0.39 is 0 Å². The summed E-state index contributed by atoms with van der Waals surface area (Å²) in [5, 5.41) is 3.68. The van der Waals surface area contributed by atoms with Crippen LogP contribution < -0.4 is 5.32 Å². The Hall–Kier alpha value is -1.65. The number of likely N-dealkylation sites (tertiary alicyclic amines) is 1. The minimum absolute atomic E-state index is 0.581. The first-order valence-corrected chi connectivity index (χ1v) is 7.76. The number of imidazole rings is 1. The lowest BCUT2D eigenvalue weighted by molar-refractivity contribution is 0.182. The molecule has 4 nitrogen and oxygen atoms in total. The van der Waals surface area contributed by atoms with E-state index in [1.54, 1.807) is 0 Å². The molecule has 0 saturated carbocycles. The second-order valence-corrected chi connectivity index (χ2v) is 5.94. The van der Waals surface area contributed by atoms with Crippen LogP contribution in [0.15, 0.2) is 42.9 Å². The normalized spacial score (nSPS) is 19.8. The highest BCUT2D eigenvalue weighted by Crippen LogP contribution is 2.14. The van der Waals surface area contributed by atoms with Gasteiger partial charge in [0.15, 0.2) is 0 Å². The van der Waals surface area contributed by atoms with E-state index in [2.05, 4.69) is 50.1 Å². The maximum absolute atomic E-state index is 4.17. The Morgan fingerprint density at radius 2 is 2.14 bits per heavy atom. The molecule has 1 aliphatic rings. The molecule has 0 bridgehead atoms. The van der Waals surface area contributed by atoms with Crippen molar-refractivity contribution in [2.24, 2.45) is 7.05 Å². The Kier molecular flexibility index (Phi) is 4.68. The third kappa shape index (κ3) is 3.93. The number of benzene rings is 1. The van der Waals surface area contributed by atoms with Crippen LogP contribution in [-0.2, 0) is 20.1 Å². The van der Waals surface area contributed by atoms with E-state index in [9.17, 15) is 0 Å². The summed E-state index contributed by atoms with van der Waals surface area (Å²) in [6, 6.07) is 11.3. The number of aryl methyl sites for hydroxylation is 1. The summed E-state index contributed by atoms with van der Waals surface area (Å²) in [6.45, 7) is 4.30. The molecule has 1 saturated heterocycles. The molecule has 112 valence electrons. The first-order chi connectivity index (χ1) is 10.3. The van der Waals surface area contributed by atoms with E-state index in [4.69, 9.17) is 0 Å². The van der Waals surface area contributed by atoms with Crippen molar-refractivity contribution in [1.29, 1.82) is 0 Å². The van der Waals surface area contributed by atoms with Gasteiger partial charge < -0.3 is 9.88 Å². The Labute approximate surface area is 126 Å². The minimum atomic E-state index is 0.581. The average Bonchev–Trinajstić information content (AvgIpc) is 2.92. The molecule has 1 aromatic carbocycles. The standard InChI is InChI=1S/C17H24N4/c1-20-14-18-10-17(20)11-19-16-8-5-9-21(13-16)12-15-6-3-2-4-7-15/h2-4,6-7,10,14,16,19H,5,8-9,11-13H2,1H3. The van der Waals surface area contributed by atoms with Gasteiger partial charge >= 0.3 is 0 Å². The van der Waals surface area contributed by atoms with Crippen LogP contribution in [0.25, 0.3) is 0 Å². The molecule has 1 aromatic heterocycles. The van der Waals surface area contributed by atoms with Gasteiger partial charge in [0.1, 0.15) is 0 Å². The number of hydrogen-bond acceptors (Lipinski definition) is 3. The van der Waals surface area contributed by atoms with E-state index in [1.165, 1.54) is 30.6 Å². The summed E-state index contributed by atoms with van der Waals surface area (Å²) in [6.07, 6.45) is 6.34. The van der Waals surface area contributed by atoms with Gasteiger partial charge in [-0.15, -0.1) is 0 Å². The molecular weight excluding hydrogens is 260 g/mol. The lowest BCUT2D eigenvalue weighted by atomic mass is 10.0. The van der Waals surface area contributed by atoms with Crippen LogP contribution in [0, 0.1) is 0 Å². The van der Waals surface area contributed by atoms with E-state index in [0.29, 0.717) is 6.04 Å². The van der Waals surface area contributed by atoms with Crippen LogP contribution in [0.3, 0.4) is 0 Å². The van der Waals surface area contributed by atoms with Crippen LogP contribution >= 0.6 is 0 Å². The summed E-state index contributed by atoms with van der Waals surface area (Å²) < 4.78 is 2.08. The zero-order valence-electron chi connectivity index (χ0n) is 12.7. The van der Waals surface area contributed by atoms with Crippen LogP contribution in [0.2, 0.25) is 0 Å². The van der Waals surface area contributed by atoms with Crippen molar-refractivity contribution in [3.05, 3.63) is 54.1 Å². The number of piperidine rings is 1. The quantitative estimate of drug-likeness (QED) is 0.913. The summed E-state index contributed by atoms with van der Waals surface area (Å²) >= 11 is 0. The van der Waals surface area contributed by atoms with Crippen molar-refractivity contribution in [2.75, 3.05) is 13.1 Å². The van der Waals surface area contributed by atoms with Crippen molar-refractivity contribution < 1.29 is 0 Å². The highest BCUT2D eigenvalue weighted by Gasteiger charge is 2.19. The molecule has 1 fully saturated rings. The molecular formula is C17H24N4. The molecule has 0 aliphatic carbocycles. The number of nitrogens with one attached hydrogen (secondary N) is 1. The average molecular weight is 284 g/mol. The smallest absolute Gasteiger partial charge is 0.0945 e. The van der Waals surface area contributed by atoms with Crippen molar-refractivity contribution in [3.63, 3.8) is 0 Å². The van der Waals surface area contributed by atoms with Crippen LogP contribution in [0.5, 0.6) is 0 Å². The second-order valence-electron chi connectivity index (χ2n) is 5.94. The zero-order valence-corrected chi connectivity index (χ0v) is 12.7. The molecule has 3 rings (SSSR count). The van der Waals surface area contributed by atoms with Gasteiger partial charge in [-0.1, -0.05) is 30.3 Å². The molecule has 1 N–H and O–H groups in total. The monoisotopic (exact) mass is 284 g/mol. The molecule has 4 heteroatoms. The topological polar surface area (TPSA) is 33.1 Å². The number of aromatic nitrogens is 2. The van der Waals surface area contributed by atoms with Gasteiger partial charge in [0.05, 0.1) is 12.0 Å². The van der Waals surface area contributed by atoms with Gasteiger partial charge in [-0.05, 0) is 24.9 Å². The Morgan fingerprint density at radius 1 is 1.29 bits per heavy atom. The third-order valence-electron chi connectivity index (χ3n) is 4.24. The van der Waals surface area contributed by atoms with Gasteiger partial charge in [0.25, 0.3) is 0 Å². The summed E-state index contributed by atoms with van der Waals surface area (Å²) in [4.78, 5) is 6.72. The summed E-state index contributed by atoms with van der Waals surface area (Å²) in [7, 11) is 2.05. The molecule has 0 amide bonds. The number of nitrogens with zero attached hydrogens (tertiary/aromatic N) is 3. The SMILES string of the molecule is Cn1cncc1CNC1CCCN(Cc2ccccc2)C1. The third-order valence-corrected chi connectivity index (χ3v) is 4.24. The maximum Gasteiger partial charge on any atom is 0.0945 e. The van der Waals surface area contributed by atoms with Crippen molar-refractivity contribution >= 4 is 0 Å². The van der Waals surface area contributed by atoms with Crippen molar-refractivity contribution in [1.82, 2.24) is 19.8 Å².